The van der Waals surface area contributed by atoms with Gasteiger partial charge >= 0.3 is 0 Å². The highest BCUT2D eigenvalue weighted by atomic mass is 35.5. The van der Waals surface area contributed by atoms with E-state index >= 15 is 0 Å². The normalized spacial score (nSPS) is 10.8. The van der Waals surface area contributed by atoms with Gasteiger partial charge in [0, 0.05) is 12.1 Å². The highest BCUT2D eigenvalue weighted by molar-refractivity contribution is 6.32. The monoisotopic (exact) mass is 477 g/mol. The van der Waals surface area contributed by atoms with Gasteiger partial charge in [0.1, 0.15) is 18.2 Å². The first kappa shape index (κ1) is 24.2. The van der Waals surface area contributed by atoms with Gasteiger partial charge in [0.2, 0.25) is 0 Å². The molecule has 3 aromatic carbocycles. The molecule has 0 aliphatic carbocycles. The van der Waals surface area contributed by atoms with Crippen LogP contribution in [0.1, 0.15) is 23.6 Å². The van der Waals surface area contributed by atoms with E-state index in [0.29, 0.717) is 34.7 Å². The van der Waals surface area contributed by atoms with E-state index in [1.54, 1.807) is 19.2 Å². The van der Waals surface area contributed by atoms with Gasteiger partial charge in [-0.15, -0.1) is 0 Å². The summed E-state index contributed by atoms with van der Waals surface area (Å²) in [6, 6.07) is 16.2. The summed E-state index contributed by atoms with van der Waals surface area (Å²) in [4.78, 5) is 0. The molecule has 0 aromatic heterocycles. The van der Waals surface area contributed by atoms with Crippen molar-refractivity contribution in [2.24, 2.45) is 0 Å². The summed E-state index contributed by atoms with van der Waals surface area (Å²) in [6.45, 7) is 3.70. The van der Waals surface area contributed by atoms with Gasteiger partial charge in [-0.25, -0.2) is 4.39 Å². The third-order valence-corrected chi connectivity index (χ3v) is 5.51. The quantitative estimate of drug-likeness (QED) is 0.322. The molecule has 0 fully saturated rings. The van der Waals surface area contributed by atoms with Crippen molar-refractivity contribution in [1.82, 2.24) is 5.32 Å². The van der Waals surface area contributed by atoms with Gasteiger partial charge in [-0.05, 0) is 67.4 Å². The Morgan fingerprint density at radius 1 is 0.938 bits per heavy atom. The molecule has 0 saturated carbocycles. The Hall–Kier alpha value is -2.47. The molecular weight excluding hydrogens is 452 g/mol. The second-order valence-electron chi connectivity index (χ2n) is 7.10. The molecule has 0 atom stereocenters. The lowest BCUT2D eigenvalue weighted by Gasteiger charge is -2.16. The number of ether oxygens (including phenoxy) is 3. The molecule has 3 rings (SSSR count). The predicted octanol–water partition coefficient (Wildman–Crippen LogP) is 6.45. The van der Waals surface area contributed by atoms with Gasteiger partial charge < -0.3 is 19.5 Å². The van der Waals surface area contributed by atoms with Crippen LogP contribution in [0.25, 0.3) is 0 Å². The van der Waals surface area contributed by atoms with Crippen LogP contribution in [-0.2, 0) is 19.6 Å². The first-order valence-corrected chi connectivity index (χ1v) is 11.1. The maximum absolute atomic E-state index is 14.1. The smallest absolute Gasteiger partial charge is 0.180 e. The van der Waals surface area contributed by atoms with Gasteiger partial charge in [-0.2, -0.15) is 0 Å². The van der Waals surface area contributed by atoms with Crippen LogP contribution in [0.3, 0.4) is 0 Å². The van der Waals surface area contributed by atoms with Gasteiger partial charge in [0.15, 0.2) is 11.5 Å². The summed E-state index contributed by atoms with van der Waals surface area (Å²) in [5.74, 6) is 1.30. The van der Waals surface area contributed by atoms with E-state index in [-0.39, 0.29) is 12.2 Å². The average Bonchev–Trinajstić information content (AvgIpc) is 2.78. The van der Waals surface area contributed by atoms with E-state index in [0.717, 1.165) is 24.3 Å². The molecule has 0 radical (unpaired) electrons. The van der Waals surface area contributed by atoms with Crippen LogP contribution >= 0.6 is 23.2 Å². The second-order valence-corrected chi connectivity index (χ2v) is 7.92. The molecule has 170 valence electrons. The summed E-state index contributed by atoms with van der Waals surface area (Å²) >= 11 is 12.6. The first-order chi connectivity index (χ1) is 15.5. The van der Waals surface area contributed by atoms with E-state index in [4.69, 9.17) is 37.4 Å². The Morgan fingerprint density at radius 3 is 2.41 bits per heavy atom. The predicted molar refractivity (Wildman–Crippen MR) is 127 cm³/mol. The number of methoxy groups -OCH3 is 1. The van der Waals surface area contributed by atoms with E-state index in [2.05, 4.69) is 17.4 Å². The fourth-order valence-corrected chi connectivity index (χ4v) is 3.70. The first-order valence-electron chi connectivity index (χ1n) is 10.4. The van der Waals surface area contributed by atoms with Crippen LogP contribution in [0.5, 0.6) is 17.2 Å². The number of rotatable bonds is 11. The van der Waals surface area contributed by atoms with Gasteiger partial charge in [-0.1, -0.05) is 41.4 Å². The number of hydrogen-bond donors (Lipinski definition) is 1. The van der Waals surface area contributed by atoms with Crippen LogP contribution in [0, 0.1) is 5.82 Å². The number of hydrogen-bond acceptors (Lipinski definition) is 4. The summed E-state index contributed by atoms with van der Waals surface area (Å²) in [6.07, 6.45) is 0.890. The summed E-state index contributed by atoms with van der Waals surface area (Å²) < 4.78 is 30.8. The van der Waals surface area contributed by atoms with E-state index in [1.807, 2.05) is 31.2 Å². The van der Waals surface area contributed by atoms with Crippen molar-refractivity contribution >= 4 is 23.2 Å². The fraction of sp³-hybridized carbons (Fsp3) is 0.280. The van der Waals surface area contributed by atoms with Crippen molar-refractivity contribution in [1.29, 1.82) is 0 Å². The van der Waals surface area contributed by atoms with Gasteiger partial charge in [0.05, 0.1) is 23.8 Å². The zero-order valence-electron chi connectivity index (χ0n) is 18.1. The maximum atomic E-state index is 14.1. The van der Waals surface area contributed by atoms with Crippen molar-refractivity contribution < 1.29 is 18.6 Å². The highest BCUT2D eigenvalue weighted by Gasteiger charge is 2.15. The molecule has 1 N–H and O–H groups in total. The van der Waals surface area contributed by atoms with Crippen LogP contribution in [0.15, 0.2) is 54.6 Å². The zero-order chi connectivity index (χ0) is 22.9. The molecule has 0 unspecified atom stereocenters. The number of nitrogens with one attached hydrogen (secondary N) is 1. The Morgan fingerprint density at radius 2 is 1.72 bits per heavy atom. The van der Waals surface area contributed by atoms with Gasteiger partial charge in [0.25, 0.3) is 0 Å². The van der Waals surface area contributed by atoms with Crippen molar-refractivity contribution in [2.75, 3.05) is 20.3 Å². The van der Waals surface area contributed by atoms with Crippen LogP contribution < -0.4 is 19.5 Å². The van der Waals surface area contributed by atoms with Crippen molar-refractivity contribution in [2.45, 2.75) is 26.5 Å². The molecule has 7 heteroatoms. The summed E-state index contributed by atoms with van der Waals surface area (Å²) in [5.41, 5.74) is 2.46. The molecule has 0 bridgehead atoms. The van der Waals surface area contributed by atoms with E-state index in [9.17, 15) is 4.39 Å². The lowest BCUT2D eigenvalue weighted by atomic mass is 10.1. The molecule has 0 aliphatic heterocycles. The molecule has 0 heterocycles. The SMILES string of the molecule is CCOc1cc(CNCCc2ccc(OC)cc2)cc(Cl)c1OCc1c(F)cccc1Cl. The van der Waals surface area contributed by atoms with Crippen LogP contribution in [0.4, 0.5) is 4.39 Å². The molecular formula is C25H26Cl2FNO3. The molecule has 32 heavy (non-hydrogen) atoms. The Bertz CT molecular complexity index is 1010. The maximum Gasteiger partial charge on any atom is 0.180 e. The zero-order valence-corrected chi connectivity index (χ0v) is 19.6. The van der Waals surface area contributed by atoms with Crippen molar-refractivity contribution in [3.63, 3.8) is 0 Å². The van der Waals surface area contributed by atoms with E-state index < -0.39 is 5.82 Å². The van der Waals surface area contributed by atoms with E-state index in [1.165, 1.54) is 11.6 Å². The Labute approximate surface area is 198 Å². The highest BCUT2D eigenvalue weighted by Crippen LogP contribution is 2.37. The minimum atomic E-state index is -0.427. The Balaban J connectivity index is 1.62. The average molecular weight is 478 g/mol. The topological polar surface area (TPSA) is 39.7 Å². The van der Waals surface area contributed by atoms with Crippen LogP contribution in [-0.4, -0.2) is 20.3 Å². The van der Waals surface area contributed by atoms with Gasteiger partial charge in [-0.3, -0.25) is 0 Å². The molecule has 3 aromatic rings. The minimum Gasteiger partial charge on any atom is -0.497 e. The molecule has 0 saturated heterocycles. The lowest BCUT2D eigenvalue weighted by molar-refractivity contribution is 0.266. The second kappa shape index (κ2) is 12.0. The summed E-state index contributed by atoms with van der Waals surface area (Å²) in [5, 5.41) is 4.12. The Kier molecular flexibility index (Phi) is 9.03. The number of benzene rings is 3. The molecule has 0 amide bonds. The third kappa shape index (κ3) is 6.52. The summed E-state index contributed by atoms with van der Waals surface area (Å²) in [7, 11) is 1.66. The fourth-order valence-electron chi connectivity index (χ4n) is 3.20. The largest absolute Gasteiger partial charge is 0.497 e. The number of halogens is 3. The molecule has 4 nitrogen and oxygen atoms in total. The minimum absolute atomic E-state index is 0.0508. The molecule has 0 aliphatic rings. The van der Waals surface area contributed by atoms with Crippen molar-refractivity contribution in [3.8, 4) is 17.2 Å². The van der Waals surface area contributed by atoms with Crippen LogP contribution in [0.2, 0.25) is 10.0 Å². The molecule has 0 spiro atoms. The standard InChI is InChI=1S/C25H26Cl2FNO3/c1-3-31-24-14-18(15-29-12-11-17-7-9-19(30-2)10-8-17)13-22(27)25(24)32-16-20-21(26)5-4-6-23(20)28/h4-10,13-14,29H,3,11-12,15-16H2,1-2H3. The third-order valence-electron chi connectivity index (χ3n) is 4.87. The lowest BCUT2D eigenvalue weighted by Crippen LogP contribution is -2.17. The van der Waals surface area contributed by atoms with Crippen molar-refractivity contribution in [3.05, 3.63) is 87.2 Å².